The van der Waals surface area contributed by atoms with Gasteiger partial charge in [-0.25, -0.2) is 4.79 Å². The molecule has 0 heterocycles. The van der Waals surface area contributed by atoms with Crippen molar-refractivity contribution in [2.24, 2.45) is 5.73 Å². The molecule has 0 aromatic heterocycles. The summed E-state index contributed by atoms with van der Waals surface area (Å²) in [6.45, 7) is 4.54. The van der Waals surface area contributed by atoms with Crippen LogP contribution in [0.3, 0.4) is 0 Å². The molecule has 0 saturated heterocycles. The van der Waals surface area contributed by atoms with Gasteiger partial charge < -0.3 is 10.5 Å². The maximum Gasteiger partial charge on any atom is 0.404 e. The number of primary amides is 1. The van der Waals surface area contributed by atoms with Crippen molar-refractivity contribution < 1.29 is 9.53 Å². The van der Waals surface area contributed by atoms with Gasteiger partial charge in [0, 0.05) is 0 Å². The van der Waals surface area contributed by atoms with Gasteiger partial charge in [-0.2, -0.15) is 0 Å². The lowest BCUT2D eigenvalue weighted by molar-refractivity contribution is 0.0921. The number of carbonyl (C=O) groups is 1. The van der Waals surface area contributed by atoms with Crippen LogP contribution in [0.4, 0.5) is 4.79 Å². The number of ether oxygens (including phenoxy) is 1. The molecule has 29 heavy (non-hydrogen) atoms. The van der Waals surface area contributed by atoms with Crippen molar-refractivity contribution in [1.82, 2.24) is 0 Å². The topological polar surface area (TPSA) is 52.3 Å². The van der Waals surface area contributed by atoms with E-state index >= 15 is 0 Å². The van der Waals surface area contributed by atoms with E-state index in [1.54, 1.807) is 0 Å². The van der Waals surface area contributed by atoms with E-state index in [9.17, 15) is 4.79 Å². The summed E-state index contributed by atoms with van der Waals surface area (Å²) in [6, 6.07) is 0. The molecule has 0 spiro atoms. The SMILES string of the molecule is CCCCCCCCCCCCC(CCCCCCCCCCCC)OC(N)=O. The van der Waals surface area contributed by atoms with E-state index in [-0.39, 0.29) is 6.10 Å². The molecule has 0 unspecified atom stereocenters. The van der Waals surface area contributed by atoms with Crippen LogP contribution in [0.5, 0.6) is 0 Å². The minimum absolute atomic E-state index is 0.0376. The molecule has 0 aliphatic heterocycles. The number of amides is 1. The van der Waals surface area contributed by atoms with Crippen LogP contribution in [-0.4, -0.2) is 12.2 Å². The number of carbonyl (C=O) groups excluding carboxylic acids is 1. The zero-order valence-electron chi connectivity index (χ0n) is 20.0. The zero-order chi connectivity index (χ0) is 21.4. The smallest absolute Gasteiger partial charge is 0.404 e. The van der Waals surface area contributed by atoms with Crippen molar-refractivity contribution in [1.29, 1.82) is 0 Å². The van der Waals surface area contributed by atoms with E-state index < -0.39 is 6.09 Å². The Morgan fingerprint density at radius 2 is 0.828 bits per heavy atom. The fourth-order valence-electron chi connectivity index (χ4n) is 4.15. The third-order valence-electron chi connectivity index (χ3n) is 6.04. The van der Waals surface area contributed by atoms with Crippen LogP contribution in [0.25, 0.3) is 0 Å². The van der Waals surface area contributed by atoms with Gasteiger partial charge in [0.05, 0.1) is 0 Å². The number of hydrogen-bond acceptors (Lipinski definition) is 2. The first kappa shape index (κ1) is 28.3. The molecule has 0 aromatic carbocycles. The molecule has 0 saturated carbocycles. The number of hydrogen-bond donors (Lipinski definition) is 1. The van der Waals surface area contributed by atoms with Crippen LogP contribution in [0.2, 0.25) is 0 Å². The van der Waals surface area contributed by atoms with Crippen LogP contribution < -0.4 is 5.73 Å². The molecule has 3 nitrogen and oxygen atoms in total. The lowest BCUT2D eigenvalue weighted by Crippen LogP contribution is -2.22. The fourth-order valence-corrected chi connectivity index (χ4v) is 4.15. The van der Waals surface area contributed by atoms with Crippen molar-refractivity contribution >= 4 is 6.09 Å². The molecule has 0 fully saturated rings. The molecule has 0 aliphatic carbocycles. The quantitative estimate of drug-likeness (QED) is 0.170. The van der Waals surface area contributed by atoms with E-state index in [4.69, 9.17) is 10.5 Å². The second-order valence-electron chi connectivity index (χ2n) is 9.00. The second-order valence-corrected chi connectivity index (χ2v) is 9.00. The summed E-state index contributed by atoms with van der Waals surface area (Å²) in [7, 11) is 0. The van der Waals surface area contributed by atoms with Crippen molar-refractivity contribution in [2.75, 3.05) is 0 Å². The highest BCUT2D eigenvalue weighted by Gasteiger charge is 2.12. The Bertz CT molecular complexity index is 309. The third-order valence-corrected chi connectivity index (χ3v) is 6.04. The molecule has 0 atom stereocenters. The predicted octanol–water partition coefficient (Wildman–Crippen LogP) is 9.07. The van der Waals surface area contributed by atoms with Crippen LogP contribution in [0.1, 0.15) is 155 Å². The maximum atomic E-state index is 11.2. The first-order valence-electron chi connectivity index (χ1n) is 13.2. The number of nitrogens with two attached hydrogens (primary N) is 1. The molecular weight excluding hydrogens is 358 g/mol. The summed E-state index contributed by atoms with van der Waals surface area (Å²) in [5.74, 6) is 0. The highest BCUT2D eigenvalue weighted by molar-refractivity contribution is 5.64. The Kier molecular flexibility index (Phi) is 23.0. The van der Waals surface area contributed by atoms with Gasteiger partial charge in [-0.05, 0) is 25.7 Å². The summed E-state index contributed by atoms with van der Waals surface area (Å²) < 4.78 is 5.35. The van der Waals surface area contributed by atoms with Crippen LogP contribution >= 0.6 is 0 Å². The van der Waals surface area contributed by atoms with E-state index in [2.05, 4.69) is 13.8 Å². The normalized spacial score (nSPS) is 11.3. The Morgan fingerprint density at radius 1 is 0.552 bits per heavy atom. The van der Waals surface area contributed by atoms with Gasteiger partial charge in [0.25, 0.3) is 0 Å². The van der Waals surface area contributed by atoms with E-state index in [0.717, 1.165) is 25.7 Å². The van der Waals surface area contributed by atoms with Crippen molar-refractivity contribution in [3.8, 4) is 0 Å². The first-order valence-corrected chi connectivity index (χ1v) is 13.2. The molecule has 0 aliphatic rings. The molecule has 3 heteroatoms. The number of unbranched alkanes of at least 4 members (excludes halogenated alkanes) is 18. The fraction of sp³-hybridized carbons (Fsp3) is 0.962. The average molecular weight is 412 g/mol. The van der Waals surface area contributed by atoms with E-state index in [1.807, 2.05) is 0 Å². The minimum atomic E-state index is -0.603. The Balaban J connectivity index is 3.56. The lowest BCUT2D eigenvalue weighted by atomic mass is 10.0. The van der Waals surface area contributed by atoms with Crippen LogP contribution in [0.15, 0.2) is 0 Å². The Hall–Kier alpha value is -0.730. The molecule has 0 rings (SSSR count). The molecule has 0 aromatic rings. The largest absolute Gasteiger partial charge is 0.446 e. The van der Waals surface area contributed by atoms with Crippen LogP contribution in [0, 0.1) is 0 Å². The zero-order valence-corrected chi connectivity index (χ0v) is 20.0. The molecule has 174 valence electrons. The average Bonchev–Trinajstić information content (AvgIpc) is 2.70. The Labute approximate surface area is 182 Å². The summed E-state index contributed by atoms with van der Waals surface area (Å²) >= 11 is 0. The van der Waals surface area contributed by atoms with Crippen molar-refractivity contribution in [3.63, 3.8) is 0 Å². The van der Waals surface area contributed by atoms with Crippen molar-refractivity contribution in [2.45, 2.75) is 161 Å². The maximum absolute atomic E-state index is 11.2. The molecule has 2 N–H and O–H groups in total. The third kappa shape index (κ3) is 23.4. The standard InChI is InChI=1S/C26H53NO2/c1-3-5-7-9-11-13-15-17-19-21-23-25(29-26(27)28)24-22-20-18-16-14-12-10-8-6-4-2/h25H,3-24H2,1-2H3,(H2,27,28). The van der Waals surface area contributed by atoms with Gasteiger partial charge in [0.15, 0.2) is 0 Å². The van der Waals surface area contributed by atoms with Crippen LogP contribution in [-0.2, 0) is 4.74 Å². The van der Waals surface area contributed by atoms with Gasteiger partial charge in [-0.1, -0.05) is 129 Å². The summed E-state index contributed by atoms with van der Waals surface area (Å²) in [5.41, 5.74) is 5.27. The van der Waals surface area contributed by atoms with Gasteiger partial charge in [0.1, 0.15) is 6.10 Å². The van der Waals surface area contributed by atoms with Gasteiger partial charge in [-0.15, -0.1) is 0 Å². The molecule has 0 radical (unpaired) electrons. The van der Waals surface area contributed by atoms with E-state index in [1.165, 1.54) is 116 Å². The van der Waals surface area contributed by atoms with E-state index in [0.29, 0.717) is 0 Å². The summed E-state index contributed by atoms with van der Waals surface area (Å²) in [4.78, 5) is 11.2. The second kappa shape index (κ2) is 23.5. The summed E-state index contributed by atoms with van der Waals surface area (Å²) in [5, 5.41) is 0. The summed E-state index contributed by atoms with van der Waals surface area (Å²) in [6.07, 6.45) is 28.2. The predicted molar refractivity (Wildman–Crippen MR) is 127 cm³/mol. The van der Waals surface area contributed by atoms with Gasteiger partial charge in [0.2, 0.25) is 0 Å². The Morgan fingerprint density at radius 3 is 1.10 bits per heavy atom. The lowest BCUT2D eigenvalue weighted by Gasteiger charge is -2.16. The van der Waals surface area contributed by atoms with Crippen molar-refractivity contribution in [3.05, 3.63) is 0 Å². The van der Waals surface area contributed by atoms with Gasteiger partial charge >= 0.3 is 6.09 Å². The number of rotatable bonds is 23. The molecular formula is C26H53NO2. The molecule has 0 bridgehead atoms. The van der Waals surface area contributed by atoms with Gasteiger partial charge in [-0.3, -0.25) is 0 Å². The molecule has 1 amide bonds. The monoisotopic (exact) mass is 411 g/mol. The minimum Gasteiger partial charge on any atom is -0.446 e. The highest BCUT2D eigenvalue weighted by Crippen LogP contribution is 2.17. The highest BCUT2D eigenvalue weighted by atomic mass is 16.6. The first-order chi connectivity index (χ1) is 14.2.